The third-order valence-electron chi connectivity index (χ3n) is 3.59. The van der Waals surface area contributed by atoms with Gasteiger partial charge in [0.25, 0.3) is 0 Å². The number of hydrogen-bond donors (Lipinski definition) is 1. The van der Waals surface area contributed by atoms with Crippen LogP contribution in [0, 0.1) is 0 Å². The SMILES string of the molecule is CCSc1ccccc1NC(=O)/C=C/c1ccc(OC)c(OC)c1OC. The van der Waals surface area contributed by atoms with Crippen LogP contribution in [-0.2, 0) is 4.79 Å². The standard InChI is InChI=1S/C20H23NO4S/c1-5-26-17-9-7-6-8-15(17)21-18(22)13-11-14-10-12-16(23-2)20(25-4)19(14)24-3/h6-13H,5H2,1-4H3,(H,21,22)/b13-11+. The Morgan fingerprint density at radius 1 is 1.04 bits per heavy atom. The number of carbonyl (C=O) groups excluding carboxylic acids is 1. The number of methoxy groups -OCH3 is 3. The first-order valence-electron chi connectivity index (χ1n) is 8.14. The molecular weight excluding hydrogens is 350 g/mol. The molecule has 1 amide bonds. The van der Waals surface area contributed by atoms with E-state index in [-0.39, 0.29) is 5.91 Å². The second kappa shape index (κ2) is 9.77. The molecule has 0 bridgehead atoms. The highest BCUT2D eigenvalue weighted by atomic mass is 32.2. The zero-order valence-corrected chi connectivity index (χ0v) is 16.2. The summed E-state index contributed by atoms with van der Waals surface area (Å²) in [5.74, 6) is 2.29. The van der Waals surface area contributed by atoms with Crippen molar-refractivity contribution in [2.24, 2.45) is 0 Å². The molecular formula is C20H23NO4S. The highest BCUT2D eigenvalue weighted by Crippen LogP contribution is 2.40. The second-order valence-electron chi connectivity index (χ2n) is 5.18. The second-order valence-corrected chi connectivity index (χ2v) is 6.48. The zero-order chi connectivity index (χ0) is 18.9. The first-order valence-corrected chi connectivity index (χ1v) is 9.13. The first kappa shape index (κ1) is 19.7. The van der Waals surface area contributed by atoms with Crippen molar-refractivity contribution >= 4 is 29.4 Å². The third-order valence-corrected chi connectivity index (χ3v) is 4.55. The number of thioether (sulfide) groups is 1. The lowest BCUT2D eigenvalue weighted by Crippen LogP contribution is -2.08. The molecule has 5 nitrogen and oxygen atoms in total. The quantitative estimate of drug-likeness (QED) is 0.546. The Morgan fingerprint density at radius 2 is 1.77 bits per heavy atom. The number of anilines is 1. The van der Waals surface area contributed by atoms with E-state index in [0.29, 0.717) is 17.2 Å². The number of amides is 1. The molecule has 0 heterocycles. The molecule has 0 atom stereocenters. The van der Waals surface area contributed by atoms with Gasteiger partial charge in [0.2, 0.25) is 11.7 Å². The summed E-state index contributed by atoms with van der Waals surface area (Å²) in [6, 6.07) is 11.3. The molecule has 2 aromatic carbocycles. The predicted molar refractivity (Wildman–Crippen MR) is 107 cm³/mol. The molecule has 26 heavy (non-hydrogen) atoms. The van der Waals surface area contributed by atoms with Crippen molar-refractivity contribution in [3.8, 4) is 17.2 Å². The molecule has 2 aromatic rings. The number of rotatable bonds is 8. The molecule has 1 N–H and O–H groups in total. The van der Waals surface area contributed by atoms with Crippen LogP contribution in [0.3, 0.4) is 0 Å². The zero-order valence-electron chi connectivity index (χ0n) is 15.4. The molecule has 0 aromatic heterocycles. The average molecular weight is 373 g/mol. The van der Waals surface area contributed by atoms with Gasteiger partial charge in [-0.2, -0.15) is 0 Å². The molecule has 0 radical (unpaired) electrons. The van der Waals surface area contributed by atoms with E-state index >= 15 is 0 Å². The molecule has 0 aliphatic heterocycles. The Labute approximate surface area is 158 Å². The Balaban J connectivity index is 2.21. The molecule has 0 unspecified atom stereocenters. The number of carbonyl (C=O) groups is 1. The maximum atomic E-state index is 12.3. The number of benzene rings is 2. The van der Waals surface area contributed by atoms with E-state index < -0.39 is 0 Å². The smallest absolute Gasteiger partial charge is 0.248 e. The van der Waals surface area contributed by atoms with Crippen LogP contribution < -0.4 is 19.5 Å². The van der Waals surface area contributed by atoms with E-state index in [1.807, 2.05) is 30.3 Å². The van der Waals surface area contributed by atoms with Crippen LogP contribution in [0.2, 0.25) is 0 Å². The van der Waals surface area contributed by atoms with Crippen LogP contribution in [0.5, 0.6) is 17.2 Å². The minimum absolute atomic E-state index is 0.217. The Morgan fingerprint density at radius 3 is 2.42 bits per heavy atom. The Bertz CT molecular complexity index is 789. The molecule has 0 saturated carbocycles. The van der Waals surface area contributed by atoms with Crippen molar-refractivity contribution in [1.29, 1.82) is 0 Å². The van der Waals surface area contributed by atoms with E-state index in [1.165, 1.54) is 6.08 Å². The highest BCUT2D eigenvalue weighted by Gasteiger charge is 2.14. The van der Waals surface area contributed by atoms with E-state index in [1.54, 1.807) is 45.2 Å². The summed E-state index contributed by atoms with van der Waals surface area (Å²) in [5.41, 5.74) is 1.52. The van der Waals surface area contributed by atoms with Gasteiger partial charge < -0.3 is 19.5 Å². The fraction of sp³-hybridized carbons (Fsp3) is 0.250. The first-order chi connectivity index (χ1) is 12.6. The van der Waals surface area contributed by atoms with E-state index in [2.05, 4.69) is 12.2 Å². The van der Waals surface area contributed by atoms with Crippen molar-refractivity contribution in [1.82, 2.24) is 0 Å². The van der Waals surface area contributed by atoms with Crippen LogP contribution in [0.15, 0.2) is 47.4 Å². The maximum absolute atomic E-state index is 12.3. The minimum atomic E-state index is -0.217. The molecule has 0 saturated heterocycles. The number of ether oxygens (including phenoxy) is 3. The lowest BCUT2D eigenvalue weighted by atomic mass is 10.1. The monoisotopic (exact) mass is 373 g/mol. The maximum Gasteiger partial charge on any atom is 0.248 e. The molecule has 0 fully saturated rings. The molecule has 2 rings (SSSR count). The molecule has 0 aliphatic carbocycles. The minimum Gasteiger partial charge on any atom is -0.493 e. The largest absolute Gasteiger partial charge is 0.493 e. The summed E-state index contributed by atoms with van der Waals surface area (Å²) < 4.78 is 16.0. The van der Waals surface area contributed by atoms with Gasteiger partial charge in [0, 0.05) is 16.5 Å². The van der Waals surface area contributed by atoms with Gasteiger partial charge in [-0.1, -0.05) is 19.1 Å². The normalized spacial score (nSPS) is 10.6. The van der Waals surface area contributed by atoms with Crippen molar-refractivity contribution < 1.29 is 19.0 Å². The van der Waals surface area contributed by atoms with Gasteiger partial charge >= 0.3 is 0 Å². The molecule has 0 spiro atoms. The van der Waals surface area contributed by atoms with Crippen LogP contribution in [0.1, 0.15) is 12.5 Å². The van der Waals surface area contributed by atoms with Gasteiger partial charge in [-0.15, -0.1) is 11.8 Å². The highest BCUT2D eigenvalue weighted by molar-refractivity contribution is 7.99. The number of para-hydroxylation sites is 1. The lowest BCUT2D eigenvalue weighted by molar-refractivity contribution is -0.111. The fourth-order valence-electron chi connectivity index (χ4n) is 2.45. The van der Waals surface area contributed by atoms with Gasteiger partial charge in [0.1, 0.15) is 0 Å². The number of nitrogens with one attached hydrogen (secondary N) is 1. The fourth-order valence-corrected chi connectivity index (χ4v) is 3.21. The molecule has 138 valence electrons. The topological polar surface area (TPSA) is 56.8 Å². The van der Waals surface area contributed by atoms with Crippen molar-refractivity contribution in [2.45, 2.75) is 11.8 Å². The Kier molecular flexibility index (Phi) is 7.41. The van der Waals surface area contributed by atoms with Crippen molar-refractivity contribution in [2.75, 3.05) is 32.4 Å². The molecule has 6 heteroatoms. The third kappa shape index (κ3) is 4.73. The predicted octanol–water partition coefficient (Wildman–Crippen LogP) is 4.48. The van der Waals surface area contributed by atoms with E-state index in [4.69, 9.17) is 14.2 Å². The van der Waals surface area contributed by atoms with Gasteiger partial charge in [0.15, 0.2) is 11.5 Å². The van der Waals surface area contributed by atoms with Crippen LogP contribution >= 0.6 is 11.8 Å². The van der Waals surface area contributed by atoms with Crippen LogP contribution in [0.4, 0.5) is 5.69 Å². The summed E-state index contributed by atoms with van der Waals surface area (Å²) in [6.07, 6.45) is 3.16. The number of hydrogen-bond acceptors (Lipinski definition) is 5. The van der Waals surface area contributed by atoms with E-state index in [9.17, 15) is 4.79 Å². The summed E-state index contributed by atoms with van der Waals surface area (Å²) in [4.78, 5) is 13.4. The summed E-state index contributed by atoms with van der Waals surface area (Å²) in [7, 11) is 4.65. The van der Waals surface area contributed by atoms with Crippen molar-refractivity contribution in [3.05, 3.63) is 48.0 Å². The van der Waals surface area contributed by atoms with Gasteiger partial charge in [0.05, 0.1) is 27.0 Å². The van der Waals surface area contributed by atoms with Crippen molar-refractivity contribution in [3.63, 3.8) is 0 Å². The Hall–Kier alpha value is -2.60. The van der Waals surface area contributed by atoms with Gasteiger partial charge in [-0.3, -0.25) is 4.79 Å². The average Bonchev–Trinajstić information content (AvgIpc) is 2.67. The molecule has 0 aliphatic rings. The van der Waals surface area contributed by atoms with E-state index in [0.717, 1.165) is 21.9 Å². The summed E-state index contributed by atoms with van der Waals surface area (Å²) in [6.45, 7) is 2.08. The van der Waals surface area contributed by atoms with Crippen LogP contribution in [0.25, 0.3) is 6.08 Å². The van der Waals surface area contributed by atoms with Crippen LogP contribution in [-0.4, -0.2) is 33.0 Å². The summed E-state index contributed by atoms with van der Waals surface area (Å²) >= 11 is 1.68. The summed E-state index contributed by atoms with van der Waals surface area (Å²) in [5, 5.41) is 2.91. The lowest BCUT2D eigenvalue weighted by Gasteiger charge is -2.14. The van der Waals surface area contributed by atoms with Gasteiger partial charge in [-0.25, -0.2) is 0 Å². The van der Waals surface area contributed by atoms with Gasteiger partial charge in [-0.05, 0) is 36.1 Å².